The molecule has 2 unspecified atom stereocenters. The maximum absolute atomic E-state index is 13.4. The smallest absolute Gasteiger partial charge is 0.213 e. The minimum absolute atomic E-state index is 0.0840. The van der Waals surface area contributed by atoms with Crippen LogP contribution in [-0.2, 0) is 22.8 Å². The van der Waals surface area contributed by atoms with Crippen molar-refractivity contribution in [2.75, 3.05) is 19.6 Å². The lowest BCUT2D eigenvalue weighted by atomic mass is 9.95. The number of benzene rings is 1. The lowest BCUT2D eigenvalue weighted by Crippen LogP contribution is -2.52. The fourth-order valence-corrected chi connectivity index (χ4v) is 6.12. The SMILES string of the molecule is O=S(=O)(c1c[nH]cn1)C(C1CCCNC1)N1CCc2ccccc2C1. The van der Waals surface area contributed by atoms with E-state index in [1.807, 2.05) is 6.07 Å². The fourth-order valence-electron chi connectivity index (χ4n) is 4.13. The number of hydrogen-bond donors (Lipinski definition) is 2. The molecule has 0 bridgehead atoms. The van der Waals surface area contributed by atoms with Gasteiger partial charge < -0.3 is 10.3 Å². The van der Waals surface area contributed by atoms with Crippen molar-refractivity contribution >= 4 is 9.84 Å². The maximum atomic E-state index is 13.4. The average molecular weight is 360 g/mol. The first-order valence-corrected chi connectivity index (χ1v) is 10.4. The standard InChI is InChI=1S/C18H24N4O2S/c23-25(24,17-11-20-13-21-17)18(15-6-3-8-19-10-15)22-9-7-14-4-1-2-5-16(14)12-22/h1-2,4-5,11,13,15,18-19H,3,6-10,12H2,(H,20,21). The number of nitrogens with one attached hydrogen (secondary N) is 2. The van der Waals surface area contributed by atoms with Crippen molar-refractivity contribution in [3.8, 4) is 0 Å². The number of piperidine rings is 1. The maximum Gasteiger partial charge on any atom is 0.213 e. The number of sulfone groups is 1. The summed E-state index contributed by atoms with van der Waals surface area (Å²) in [5.41, 5.74) is 2.57. The zero-order chi connectivity index (χ0) is 17.3. The molecule has 1 fully saturated rings. The van der Waals surface area contributed by atoms with Gasteiger partial charge in [0.2, 0.25) is 9.84 Å². The van der Waals surface area contributed by atoms with E-state index in [9.17, 15) is 8.42 Å². The second kappa shape index (κ2) is 6.90. The number of fused-ring (bicyclic) bond motifs is 1. The molecule has 6 nitrogen and oxygen atoms in total. The number of rotatable bonds is 4. The van der Waals surface area contributed by atoms with E-state index in [2.05, 4.69) is 38.4 Å². The lowest BCUT2D eigenvalue weighted by molar-refractivity contribution is 0.161. The molecule has 0 aliphatic carbocycles. The van der Waals surface area contributed by atoms with Crippen LogP contribution in [0.1, 0.15) is 24.0 Å². The van der Waals surface area contributed by atoms with Crippen molar-refractivity contribution in [2.45, 2.75) is 36.2 Å². The zero-order valence-corrected chi connectivity index (χ0v) is 15.0. The van der Waals surface area contributed by atoms with Crippen LogP contribution in [0.5, 0.6) is 0 Å². The molecule has 1 aromatic heterocycles. The molecule has 4 rings (SSSR count). The van der Waals surface area contributed by atoms with E-state index in [0.29, 0.717) is 6.54 Å². The van der Waals surface area contributed by atoms with Crippen LogP contribution in [0.15, 0.2) is 41.8 Å². The molecule has 0 saturated carbocycles. The number of aromatic nitrogens is 2. The molecule has 7 heteroatoms. The van der Waals surface area contributed by atoms with E-state index in [0.717, 1.165) is 38.9 Å². The summed E-state index contributed by atoms with van der Waals surface area (Å²) in [4.78, 5) is 8.98. The van der Waals surface area contributed by atoms with Gasteiger partial charge in [0.05, 0.1) is 6.33 Å². The van der Waals surface area contributed by atoms with Gasteiger partial charge in [-0.25, -0.2) is 13.4 Å². The molecule has 3 heterocycles. The summed E-state index contributed by atoms with van der Waals surface area (Å²) in [7, 11) is -3.52. The number of aromatic amines is 1. The van der Waals surface area contributed by atoms with Crippen LogP contribution < -0.4 is 5.32 Å². The Bertz CT molecular complexity index is 813. The van der Waals surface area contributed by atoms with Crippen LogP contribution >= 0.6 is 0 Å². The third-order valence-electron chi connectivity index (χ3n) is 5.34. The average Bonchev–Trinajstić information content (AvgIpc) is 3.18. The first-order valence-electron chi connectivity index (χ1n) is 8.90. The highest BCUT2D eigenvalue weighted by molar-refractivity contribution is 7.91. The second-order valence-electron chi connectivity index (χ2n) is 6.94. The van der Waals surface area contributed by atoms with Gasteiger partial charge in [0.1, 0.15) is 5.37 Å². The molecular weight excluding hydrogens is 336 g/mol. The van der Waals surface area contributed by atoms with Crippen LogP contribution in [0.3, 0.4) is 0 Å². The van der Waals surface area contributed by atoms with Crippen LogP contribution in [0.25, 0.3) is 0 Å². The molecule has 134 valence electrons. The van der Waals surface area contributed by atoms with Crippen molar-refractivity contribution in [3.05, 3.63) is 47.9 Å². The molecule has 0 amide bonds. The minimum atomic E-state index is -3.52. The van der Waals surface area contributed by atoms with Crippen molar-refractivity contribution in [2.24, 2.45) is 5.92 Å². The molecule has 0 spiro atoms. The molecule has 2 atom stereocenters. The molecule has 2 aliphatic heterocycles. The summed E-state index contributed by atoms with van der Waals surface area (Å²) in [6.45, 7) is 3.16. The molecule has 1 saturated heterocycles. The molecule has 2 aromatic rings. The van der Waals surface area contributed by atoms with Gasteiger partial charge in [-0.05, 0) is 36.9 Å². The van der Waals surface area contributed by atoms with Crippen molar-refractivity contribution in [1.82, 2.24) is 20.2 Å². The van der Waals surface area contributed by atoms with Crippen LogP contribution in [0, 0.1) is 5.92 Å². The lowest BCUT2D eigenvalue weighted by Gasteiger charge is -2.40. The highest BCUT2D eigenvalue weighted by Gasteiger charge is 2.41. The summed E-state index contributed by atoms with van der Waals surface area (Å²) in [6, 6.07) is 8.34. The van der Waals surface area contributed by atoms with Crippen LogP contribution in [0.4, 0.5) is 0 Å². The van der Waals surface area contributed by atoms with Gasteiger partial charge in [-0.2, -0.15) is 0 Å². The molecular formula is C18H24N4O2S. The third kappa shape index (κ3) is 3.23. The van der Waals surface area contributed by atoms with E-state index in [4.69, 9.17) is 0 Å². The monoisotopic (exact) mass is 360 g/mol. The van der Waals surface area contributed by atoms with E-state index < -0.39 is 15.2 Å². The third-order valence-corrected chi connectivity index (χ3v) is 7.47. The Morgan fingerprint density at radius 3 is 2.80 bits per heavy atom. The quantitative estimate of drug-likeness (QED) is 0.865. The number of hydrogen-bond acceptors (Lipinski definition) is 5. The van der Waals surface area contributed by atoms with Gasteiger partial charge in [0.25, 0.3) is 0 Å². The molecule has 2 N–H and O–H groups in total. The van der Waals surface area contributed by atoms with Crippen LogP contribution in [0.2, 0.25) is 0 Å². The van der Waals surface area contributed by atoms with E-state index >= 15 is 0 Å². The van der Waals surface area contributed by atoms with Crippen molar-refractivity contribution in [3.63, 3.8) is 0 Å². The van der Waals surface area contributed by atoms with Gasteiger partial charge in [0, 0.05) is 31.7 Å². The molecule has 0 radical (unpaired) electrons. The predicted molar refractivity (Wildman–Crippen MR) is 95.7 cm³/mol. The fraction of sp³-hybridized carbons (Fsp3) is 0.500. The van der Waals surface area contributed by atoms with Gasteiger partial charge >= 0.3 is 0 Å². The first-order chi connectivity index (χ1) is 12.2. The molecule has 25 heavy (non-hydrogen) atoms. The summed E-state index contributed by atoms with van der Waals surface area (Å²) >= 11 is 0. The summed E-state index contributed by atoms with van der Waals surface area (Å²) in [5.74, 6) is 0.0840. The van der Waals surface area contributed by atoms with Gasteiger partial charge in [-0.15, -0.1) is 0 Å². The predicted octanol–water partition coefficient (Wildman–Crippen LogP) is 1.57. The van der Waals surface area contributed by atoms with Crippen molar-refractivity contribution < 1.29 is 8.42 Å². The Balaban J connectivity index is 1.69. The Morgan fingerprint density at radius 1 is 1.24 bits per heavy atom. The Kier molecular flexibility index (Phi) is 4.62. The Morgan fingerprint density at radius 2 is 2.08 bits per heavy atom. The van der Waals surface area contributed by atoms with Crippen molar-refractivity contribution in [1.29, 1.82) is 0 Å². The summed E-state index contributed by atoms with van der Waals surface area (Å²) in [6.07, 6.45) is 5.77. The van der Waals surface area contributed by atoms with Gasteiger partial charge in [0.15, 0.2) is 5.03 Å². The van der Waals surface area contributed by atoms with E-state index in [1.165, 1.54) is 23.7 Å². The number of nitrogens with zero attached hydrogens (tertiary/aromatic N) is 2. The summed E-state index contributed by atoms with van der Waals surface area (Å²) in [5, 5.41) is 3.00. The highest BCUT2D eigenvalue weighted by Crippen LogP contribution is 2.31. The number of H-pyrrole nitrogens is 1. The molecule has 1 aromatic carbocycles. The first kappa shape index (κ1) is 16.8. The van der Waals surface area contributed by atoms with Gasteiger partial charge in [-0.1, -0.05) is 24.3 Å². The molecule has 2 aliphatic rings. The van der Waals surface area contributed by atoms with E-state index in [1.54, 1.807) is 0 Å². The normalized spacial score (nSPS) is 23.1. The van der Waals surface area contributed by atoms with Crippen LogP contribution in [-0.4, -0.2) is 48.3 Å². The van der Waals surface area contributed by atoms with E-state index in [-0.39, 0.29) is 10.9 Å². The Hall–Kier alpha value is -1.70. The topological polar surface area (TPSA) is 78.1 Å². The Labute approximate surface area is 148 Å². The minimum Gasteiger partial charge on any atom is -0.350 e. The number of imidazole rings is 1. The van der Waals surface area contributed by atoms with Gasteiger partial charge in [-0.3, -0.25) is 4.90 Å². The highest BCUT2D eigenvalue weighted by atomic mass is 32.2. The summed E-state index contributed by atoms with van der Waals surface area (Å²) < 4.78 is 26.7. The second-order valence-corrected chi connectivity index (χ2v) is 8.93. The largest absolute Gasteiger partial charge is 0.350 e. The zero-order valence-electron chi connectivity index (χ0n) is 14.2.